The fourth-order valence-corrected chi connectivity index (χ4v) is 2.88. The lowest BCUT2D eigenvalue weighted by Crippen LogP contribution is -2.38. The molecule has 3 nitrogen and oxygen atoms in total. The second-order valence-corrected chi connectivity index (χ2v) is 5.24. The van der Waals surface area contributed by atoms with Gasteiger partial charge in [-0.15, -0.1) is 0 Å². The van der Waals surface area contributed by atoms with Crippen molar-refractivity contribution < 1.29 is 4.79 Å². The van der Waals surface area contributed by atoms with E-state index in [1.54, 1.807) is 7.05 Å². The zero-order valence-corrected chi connectivity index (χ0v) is 11.3. The van der Waals surface area contributed by atoms with E-state index in [1.165, 1.54) is 25.7 Å². The zero-order valence-electron chi connectivity index (χ0n) is 10.6. The summed E-state index contributed by atoms with van der Waals surface area (Å²) in [6.45, 7) is 0. The molecule has 1 aliphatic rings. The Morgan fingerprint density at radius 2 is 2.11 bits per heavy atom. The van der Waals surface area contributed by atoms with Crippen LogP contribution in [0.15, 0.2) is 24.3 Å². The number of halogens is 1. The highest BCUT2D eigenvalue weighted by Crippen LogP contribution is 2.36. The summed E-state index contributed by atoms with van der Waals surface area (Å²) < 4.78 is 0. The van der Waals surface area contributed by atoms with Crippen molar-refractivity contribution in [2.24, 2.45) is 5.92 Å². The van der Waals surface area contributed by atoms with E-state index in [0.717, 1.165) is 5.56 Å². The first-order chi connectivity index (χ1) is 8.70. The molecule has 0 saturated heterocycles. The van der Waals surface area contributed by atoms with Crippen LogP contribution in [-0.4, -0.2) is 13.1 Å². The molecule has 0 heterocycles. The third kappa shape index (κ3) is 3.16. The standard InChI is InChI=1S/C14H19ClN2O/c1-16-14(18)17-13(10-5-2-3-6-10)11-7-4-8-12(15)9-11/h4,7-10,13H,2-3,5-6H2,1H3,(H2,16,17,18). The van der Waals surface area contributed by atoms with Gasteiger partial charge in [0, 0.05) is 12.1 Å². The Kier molecular flexibility index (Phi) is 4.48. The molecule has 4 heteroatoms. The number of benzene rings is 1. The summed E-state index contributed by atoms with van der Waals surface area (Å²) in [6, 6.07) is 7.70. The van der Waals surface area contributed by atoms with Crippen molar-refractivity contribution >= 4 is 17.6 Å². The van der Waals surface area contributed by atoms with Gasteiger partial charge in [-0.2, -0.15) is 0 Å². The van der Waals surface area contributed by atoms with Crippen LogP contribution in [-0.2, 0) is 0 Å². The molecule has 0 spiro atoms. The topological polar surface area (TPSA) is 41.1 Å². The van der Waals surface area contributed by atoms with E-state index < -0.39 is 0 Å². The first kappa shape index (κ1) is 13.2. The molecule has 1 aromatic carbocycles. The Morgan fingerprint density at radius 3 is 2.72 bits per heavy atom. The molecule has 2 amide bonds. The lowest BCUT2D eigenvalue weighted by atomic mass is 9.92. The monoisotopic (exact) mass is 266 g/mol. The summed E-state index contributed by atoms with van der Waals surface area (Å²) in [5.74, 6) is 0.515. The highest BCUT2D eigenvalue weighted by Gasteiger charge is 2.27. The molecule has 98 valence electrons. The van der Waals surface area contributed by atoms with Crippen LogP contribution in [0, 0.1) is 5.92 Å². The summed E-state index contributed by atoms with van der Waals surface area (Å²) >= 11 is 6.04. The van der Waals surface area contributed by atoms with Gasteiger partial charge in [0.05, 0.1) is 6.04 Å². The van der Waals surface area contributed by atoms with Crippen molar-refractivity contribution in [1.82, 2.24) is 10.6 Å². The van der Waals surface area contributed by atoms with Crippen molar-refractivity contribution in [3.63, 3.8) is 0 Å². The number of urea groups is 1. The maximum atomic E-state index is 11.6. The van der Waals surface area contributed by atoms with Crippen molar-refractivity contribution in [2.75, 3.05) is 7.05 Å². The van der Waals surface area contributed by atoms with Gasteiger partial charge in [0.15, 0.2) is 0 Å². The maximum Gasteiger partial charge on any atom is 0.315 e. The van der Waals surface area contributed by atoms with Crippen LogP contribution < -0.4 is 10.6 Å². The van der Waals surface area contributed by atoms with Gasteiger partial charge in [-0.3, -0.25) is 0 Å². The summed E-state index contributed by atoms with van der Waals surface area (Å²) in [5, 5.41) is 6.38. The largest absolute Gasteiger partial charge is 0.341 e. The van der Waals surface area contributed by atoms with E-state index in [4.69, 9.17) is 11.6 Å². The van der Waals surface area contributed by atoms with Crippen molar-refractivity contribution in [3.8, 4) is 0 Å². The summed E-state index contributed by atoms with van der Waals surface area (Å²) in [7, 11) is 1.64. The SMILES string of the molecule is CNC(=O)NC(c1cccc(Cl)c1)C1CCCC1. The minimum absolute atomic E-state index is 0.0612. The molecule has 1 aliphatic carbocycles. The fourth-order valence-electron chi connectivity index (χ4n) is 2.68. The smallest absolute Gasteiger partial charge is 0.315 e. The van der Waals surface area contributed by atoms with E-state index in [0.29, 0.717) is 10.9 Å². The second-order valence-electron chi connectivity index (χ2n) is 4.80. The second kappa shape index (κ2) is 6.10. The van der Waals surface area contributed by atoms with Gasteiger partial charge in [0.1, 0.15) is 0 Å². The number of hydrogen-bond acceptors (Lipinski definition) is 1. The highest BCUT2D eigenvalue weighted by atomic mass is 35.5. The molecule has 0 aliphatic heterocycles. The van der Waals surface area contributed by atoms with E-state index >= 15 is 0 Å². The van der Waals surface area contributed by atoms with Crippen molar-refractivity contribution in [1.29, 1.82) is 0 Å². The highest BCUT2D eigenvalue weighted by molar-refractivity contribution is 6.30. The molecule has 2 rings (SSSR count). The van der Waals surface area contributed by atoms with Gasteiger partial charge in [-0.05, 0) is 36.5 Å². The van der Waals surface area contributed by atoms with Crippen LogP contribution in [0.5, 0.6) is 0 Å². The molecule has 1 aromatic rings. The van der Waals surface area contributed by atoms with Crippen molar-refractivity contribution in [2.45, 2.75) is 31.7 Å². The van der Waals surface area contributed by atoms with Crippen LogP contribution in [0.25, 0.3) is 0 Å². The molecule has 0 aromatic heterocycles. The number of carbonyl (C=O) groups is 1. The molecule has 0 bridgehead atoms. The van der Waals surface area contributed by atoms with Crippen LogP contribution in [0.3, 0.4) is 0 Å². The van der Waals surface area contributed by atoms with E-state index in [2.05, 4.69) is 10.6 Å². The minimum atomic E-state index is -0.133. The molecule has 1 unspecified atom stereocenters. The summed E-state index contributed by atoms with van der Waals surface area (Å²) in [4.78, 5) is 11.6. The zero-order chi connectivity index (χ0) is 13.0. The molecular weight excluding hydrogens is 248 g/mol. The van der Waals surface area contributed by atoms with Gasteiger partial charge in [-0.25, -0.2) is 4.79 Å². The average Bonchev–Trinajstić information content (AvgIpc) is 2.89. The Labute approximate surface area is 113 Å². The lowest BCUT2D eigenvalue weighted by molar-refractivity contribution is 0.233. The third-order valence-corrected chi connectivity index (χ3v) is 3.83. The number of amides is 2. The lowest BCUT2D eigenvalue weighted by Gasteiger charge is -2.25. The normalized spacial score (nSPS) is 17.4. The van der Waals surface area contributed by atoms with Crippen LogP contribution in [0.1, 0.15) is 37.3 Å². The van der Waals surface area contributed by atoms with E-state index in [9.17, 15) is 4.79 Å². The molecular formula is C14H19ClN2O. The van der Waals surface area contributed by atoms with Gasteiger partial charge in [-0.1, -0.05) is 36.6 Å². The molecule has 2 N–H and O–H groups in total. The quantitative estimate of drug-likeness (QED) is 0.864. The van der Waals surface area contributed by atoms with E-state index in [1.807, 2.05) is 24.3 Å². The Morgan fingerprint density at radius 1 is 1.39 bits per heavy atom. The van der Waals surface area contributed by atoms with E-state index in [-0.39, 0.29) is 12.1 Å². The van der Waals surface area contributed by atoms with Crippen LogP contribution in [0.4, 0.5) is 4.79 Å². The van der Waals surface area contributed by atoms with Gasteiger partial charge < -0.3 is 10.6 Å². The fraction of sp³-hybridized carbons (Fsp3) is 0.500. The minimum Gasteiger partial charge on any atom is -0.341 e. The number of carbonyl (C=O) groups excluding carboxylic acids is 1. The number of nitrogens with one attached hydrogen (secondary N) is 2. The molecule has 18 heavy (non-hydrogen) atoms. The third-order valence-electron chi connectivity index (χ3n) is 3.59. The predicted octanol–water partition coefficient (Wildman–Crippen LogP) is 3.50. The summed E-state index contributed by atoms with van der Waals surface area (Å²) in [5.41, 5.74) is 1.10. The molecule has 0 radical (unpaired) electrons. The van der Waals surface area contributed by atoms with Gasteiger partial charge in [0.25, 0.3) is 0 Å². The first-order valence-corrected chi connectivity index (χ1v) is 6.82. The van der Waals surface area contributed by atoms with Gasteiger partial charge >= 0.3 is 6.03 Å². The number of rotatable bonds is 3. The average molecular weight is 267 g/mol. The Balaban J connectivity index is 2.20. The van der Waals surface area contributed by atoms with Crippen LogP contribution in [0.2, 0.25) is 5.02 Å². The first-order valence-electron chi connectivity index (χ1n) is 6.44. The maximum absolute atomic E-state index is 11.6. The Bertz CT molecular complexity index is 416. The molecule has 1 saturated carbocycles. The molecule has 1 atom stereocenters. The van der Waals surface area contributed by atoms with Gasteiger partial charge in [0.2, 0.25) is 0 Å². The number of hydrogen-bond donors (Lipinski definition) is 2. The van der Waals surface area contributed by atoms with Crippen LogP contribution >= 0.6 is 11.6 Å². The predicted molar refractivity (Wildman–Crippen MR) is 73.7 cm³/mol. The summed E-state index contributed by atoms with van der Waals surface area (Å²) in [6.07, 6.45) is 4.83. The Hall–Kier alpha value is -1.22. The van der Waals surface area contributed by atoms with Crippen molar-refractivity contribution in [3.05, 3.63) is 34.9 Å². The molecule has 1 fully saturated rings.